The van der Waals surface area contributed by atoms with Crippen LogP contribution in [0, 0.1) is 5.82 Å². The van der Waals surface area contributed by atoms with E-state index in [9.17, 15) is 4.39 Å². The van der Waals surface area contributed by atoms with Crippen LogP contribution in [0.2, 0.25) is 0 Å². The monoisotopic (exact) mass is 310 g/mol. The van der Waals surface area contributed by atoms with Crippen LogP contribution >= 0.6 is 15.9 Å². The third-order valence-corrected chi connectivity index (χ3v) is 2.73. The minimum atomic E-state index is -0.497. The van der Waals surface area contributed by atoms with Crippen molar-refractivity contribution in [3.8, 4) is 11.6 Å². The Labute approximate surface area is 113 Å². The molecule has 1 N–H and O–H groups in total. The van der Waals surface area contributed by atoms with E-state index in [2.05, 4.69) is 26.2 Å². The van der Waals surface area contributed by atoms with Gasteiger partial charge in [0, 0.05) is 17.2 Å². The lowest BCUT2D eigenvalue weighted by Crippen LogP contribution is -2.04. The Bertz CT molecular complexity index is 531. The van der Waals surface area contributed by atoms with E-state index in [0.29, 0.717) is 10.2 Å². The van der Waals surface area contributed by atoms with Crippen LogP contribution < -0.4 is 10.1 Å². The SMILES string of the molecule is CNCc1ccc(Oc2ncc(Br)cc2F)cc1. The van der Waals surface area contributed by atoms with Crippen molar-refractivity contribution in [2.45, 2.75) is 6.54 Å². The summed E-state index contributed by atoms with van der Waals surface area (Å²) < 4.78 is 19.5. The summed E-state index contributed by atoms with van der Waals surface area (Å²) in [4.78, 5) is 3.88. The van der Waals surface area contributed by atoms with Crippen molar-refractivity contribution in [3.05, 3.63) is 52.4 Å². The number of rotatable bonds is 4. The van der Waals surface area contributed by atoms with Gasteiger partial charge in [0.1, 0.15) is 5.75 Å². The van der Waals surface area contributed by atoms with Gasteiger partial charge in [-0.05, 0) is 46.7 Å². The molecule has 0 aliphatic rings. The molecule has 1 heterocycles. The fraction of sp³-hybridized carbons (Fsp3) is 0.154. The van der Waals surface area contributed by atoms with Crippen molar-refractivity contribution < 1.29 is 9.13 Å². The molecule has 1 aromatic carbocycles. The Kier molecular flexibility index (Phi) is 4.28. The first-order valence-corrected chi connectivity index (χ1v) is 6.21. The van der Waals surface area contributed by atoms with E-state index in [0.717, 1.165) is 12.1 Å². The highest BCUT2D eigenvalue weighted by atomic mass is 79.9. The Morgan fingerprint density at radius 3 is 2.67 bits per heavy atom. The molecule has 0 fully saturated rings. The average Bonchev–Trinajstić information content (AvgIpc) is 2.35. The van der Waals surface area contributed by atoms with Crippen LogP contribution in [-0.2, 0) is 6.54 Å². The summed E-state index contributed by atoms with van der Waals surface area (Å²) in [5.41, 5.74) is 1.13. The van der Waals surface area contributed by atoms with Gasteiger partial charge in [0.15, 0.2) is 5.82 Å². The summed E-state index contributed by atoms with van der Waals surface area (Å²) in [5, 5.41) is 3.05. The number of benzene rings is 1. The van der Waals surface area contributed by atoms with Crippen molar-refractivity contribution in [2.24, 2.45) is 0 Å². The first-order chi connectivity index (χ1) is 8.69. The lowest BCUT2D eigenvalue weighted by atomic mass is 10.2. The highest BCUT2D eigenvalue weighted by molar-refractivity contribution is 9.10. The molecular formula is C13H12BrFN2O. The fourth-order valence-corrected chi connectivity index (χ4v) is 1.77. The summed E-state index contributed by atoms with van der Waals surface area (Å²) in [7, 11) is 1.88. The van der Waals surface area contributed by atoms with E-state index >= 15 is 0 Å². The maximum Gasteiger partial charge on any atom is 0.255 e. The van der Waals surface area contributed by atoms with Crippen LogP contribution in [0.25, 0.3) is 0 Å². The maximum atomic E-state index is 13.5. The Balaban J connectivity index is 2.13. The molecule has 0 aliphatic carbocycles. The summed E-state index contributed by atoms with van der Waals surface area (Å²) in [5.74, 6) is 0.0341. The summed E-state index contributed by atoms with van der Waals surface area (Å²) in [6, 6.07) is 8.73. The van der Waals surface area contributed by atoms with Crippen molar-refractivity contribution in [1.82, 2.24) is 10.3 Å². The molecule has 0 bridgehead atoms. The van der Waals surface area contributed by atoms with E-state index < -0.39 is 5.82 Å². The standard InChI is InChI=1S/C13H12BrFN2O/c1-16-7-9-2-4-11(5-3-9)18-13-12(15)6-10(14)8-17-13/h2-6,8,16H,7H2,1H3. The number of ether oxygens (including phenoxy) is 1. The first kappa shape index (κ1) is 13.0. The molecule has 1 aromatic heterocycles. The van der Waals surface area contributed by atoms with Gasteiger partial charge in [0.05, 0.1) is 0 Å². The normalized spacial score (nSPS) is 10.4. The van der Waals surface area contributed by atoms with Crippen LogP contribution in [-0.4, -0.2) is 12.0 Å². The summed E-state index contributed by atoms with van der Waals surface area (Å²) in [6.07, 6.45) is 1.49. The smallest absolute Gasteiger partial charge is 0.255 e. The molecule has 18 heavy (non-hydrogen) atoms. The topological polar surface area (TPSA) is 34.1 Å². The van der Waals surface area contributed by atoms with Gasteiger partial charge in [-0.3, -0.25) is 0 Å². The molecule has 0 aliphatic heterocycles. The number of hydrogen-bond donors (Lipinski definition) is 1. The number of hydrogen-bond acceptors (Lipinski definition) is 3. The third-order valence-electron chi connectivity index (χ3n) is 2.29. The molecule has 0 saturated carbocycles. The van der Waals surface area contributed by atoms with Crippen LogP contribution in [0.3, 0.4) is 0 Å². The fourth-order valence-electron chi connectivity index (χ4n) is 1.47. The molecule has 3 nitrogen and oxygen atoms in total. The van der Waals surface area contributed by atoms with E-state index in [4.69, 9.17) is 4.74 Å². The zero-order valence-electron chi connectivity index (χ0n) is 9.78. The van der Waals surface area contributed by atoms with E-state index in [-0.39, 0.29) is 5.88 Å². The lowest BCUT2D eigenvalue weighted by Gasteiger charge is -2.06. The Hall–Kier alpha value is -1.46. The minimum Gasteiger partial charge on any atom is -0.436 e. The number of pyridine rings is 1. The summed E-state index contributed by atoms with van der Waals surface area (Å²) in [6.45, 7) is 0.783. The Morgan fingerprint density at radius 1 is 1.33 bits per heavy atom. The number of nitrogens with zero attached hydrogens (tertiary/aromatic N) is 1. The van der Waals surface area contributed by atoms with Crippen molar-refractivity contribution in [2.75, 3.05) is 7.05 Å². The molecule has 0 spiro atoms. The number of aromatic nitrogens is 1. The second kappa shape index (κ2) is 5.93. The lowest BCUT2D eigenvalue weighted by molar-refractivity contribution is 0.422. The van der Waals surface area contributed by atoms with Gasteiger partial charge in [-0.1, -0.05) is 12.1 Å². The van der Waals surface area contributed by atoms with Crippen LogP contribution in [0.15, 0.2) is 41.0 Å². The molecule has 2 rings (SSSR count). The quantitative estimate of drug-likeness (QED) is 0.938. The summed E-state index contributed by atoms with van der Waals surface area (Å²) >= 11 is 3.14. The number of nitrogens with one attached hydrogen (secondary N) is 1. The van der Waals surface area contributed by atoms with Crippen LogP contribution in [0.4, 0.5) is 4.39 Å². The van der Waals surface area contributed by atoms with Gasteiger partial charge in [0.2, 0.25) is 0 Å². The minimum absolute atomic E-state index is 0.0282. The average molecular weight is 311 g/mol. The maximum absolute atomic E-state index is 13.5. The second-order valence-electron chi connectivity index (χ2n) is 3.72. The Morgan fingerprint density at radius 2 is 2.06 bits per heavy atom. The molecule has 94 valence electrons. The van der Waals surface area contributed by atoms with Gasteiger partial charge < -0.3 is 10.1 Å². The van der Waals surface area contributed by atoms with Crippen molar-refractivity contribution in [1.29, 1.82) is 0 Å². The highest BCUT2D eigenvalue weighted by Crippen LogP contribution is 2.24. The molecule has 0 saturated heterocycles. The molecule has 2 aromatic rings. The van der Waals surface area contributed by atoms with E-state index in [1.165, 1.54) is 12.3 Å². The second-order valence-corrected chi connectivity index (χ2v) is 4.63. The van der Waals surface area contributed by atoms with Gasteiger partial charge in [-0.15, -0.1) is 0 Å². The molecule has 0 atom stereocenters. The van der Waals surface area contributed by atoms with Gasteiger partial charge in [0.25, 0.3) is 5.88 Å². The third kappa shape index (κ3) is 3.27. The van der Waals surface area contributed by atoms with Gasteiger partial charge >= 0.3 is 0 Å². The van der Waals surface area contributed by atoms with Crippen molar-refractivity contribution >= 4 is 15.9 Å². The van der Waals surface area contributed by atoms with Gasteiger partial charge in [-0.25, -0.2) is 9.37 Å². The van der Waals surface area contributed by atoms with Crippen molar-refractivity contribution in [3.63, 3.8) is 0 Å². The van der Waals surface area contributed by atoms with E-state index in [1.54, 1.807) is 12.1 Å². The highest BCUT2D eigenvalue weighted by Gasteiger charge is 2.06. The first-order valence-electron chi connectivity index (χ1n) is 5.41. The van der Waals surface area contributed by atoms with Crippen LogP contribution in [0.1, 0.15) is 5.56 Å². The molecule has 5 heteroatoms. The van der Waals surface area contributed by atoms with Crippen LogP contribution in [0.5, 0.6) is 11.6 Å². The van der Waals surface area contributed by atoms with E-state index in [1.807, 2.05) is 19.2 Å². The largest absolute Gasteiger partial charge is 0.436 e. The zero-order chi connectivity index (χ0) is 13.0. The predicted molar refractivity (Wildman–Crippen MR) is 71.2 cm³/mol. The molecule has 0 amide bonds. The molecule has 0 radical (unpaired) electrons. The number of halogens is 2. The molecule has 0 unspecified atom stereocenters. The molecular weight excluding hydrogens is 299 g/mol. The van der Waals surface area contributed by atoms with Gasteiger partial charge in [-0.2, -0.15) is 0 Å². The zero-order valence-corrected chi connectivity index (χ0v) is 11.4. The predicted octanol–water partition coefficient (Wildman–Crippen LogP) is 3.49.